The third-order valence-corrected chi connectivity index (χ3v) is 3.41. The van der Waals surface area contributed by atoms with Crippen LogP contribution in [-0.4, -0.2) is 46.5 Å². The minimum Gasteiger partial charge on any atom is -0.469 e. The van der Waals surface area contributed by atoms with Gasteiger partial charge in [0, 0.05) is 20.6 Å². The van der Waals surface area contributed by atoms with E-state index >= 15 is 0 Å². The van der Waals surface area contributed by atoms with Crippen molar-refractivity contribution in [3.8, 4) is 0 Å². The monoisotopic (exact) mass is 284 g/mol. The van der Waals surface area contributed by atoms with E-state index in [9.17, 15) is 14.2 Å². The number of phosphoric acid groups is 1. The molecule has 0 bridgehead atoms. The van der Waals surface area contributed by atoms with Gasteiger partial charge in [0.1, 0.15) is 0 Å². The summed E-state index contributed by atoms with van der Waals surface area (Å²) in [5, 5.41) is 0. The van der Waals surface area contributed by atoms with Crippen molar-refractivity contribution in [1.82, 2.24) is 0 Å². The zero-order valence-electron chi connectivity index (χ0n) is 10.7. The summed E-state index contributed by atoms with van der Waals surface area (Å²) >= 11 is 0. The number of rotatable bonds is 8. The molecule has 0 radical (unpaired) electrons. The van der Waals surface area contributed by atoms with Gasteiger partial charge in [-0.3, -0.25) is 18.4 Å². The summed E-state index contributed by atoms with van der Waals surface area (Å²) in [5.41, 5.74) is 0. The molecule has 0 aliphatic rings. The average Bonchev–Trinajstić information content (AvgIpc) is 2.41. The average molecular weight is 284 g/mol. The predicted octanol–water partition coefficient (Wildman–Crippen LogP) is 0.899. The van der Waals surface area contributed by atoms with Crippen molar-refractivity contribution in [1.29, 1.82) is 0 Å². The Morgan fingerprint density at radius 2 is 1.61 bits per heavy atom. The van der Waals surface area contributed by atoms with Crippen molar-refractivity contribution >= 4 is 19.8 Å². The molecule has 0 aromatic carbocycles. The number of carbonyl (C=O) groups excluding carboxylic acids is 2. The van der Waals surface area contributed by atoms with Crippen LogP contribution >= 0.6 is 7.82 Å². The van der Waals surface area contributed by atoms with E-state index in [1.807, 2.05) is 0 Å². The highest BCUT2D eigenvalue weighted by Gasteiger charge is 2.33. The van der Waals surface area contributed by atoms with Gasteiger partial charge in [-0.25, -0.2) is 9.36 Å². The van der Waals surface area contributed by atoms with Gasteiger partial charge in [0.2, 0.25) is 0 Å². The lowest BCUT2D eigenvalue weighted by molar-refractivity contribution is -0.151. The fourth-order valence-corrected chi connectivity index (χ4v) is 1.84. The van der Waals surface area contributed by atoms with E-state index in [1.165, 1.54) is 7.11 Å². The number of esters is 2. The highest BCUT2D eigenvalue weighted by atomic mass is 31.2. The highest BCUT2D eigenvalue weighted by molar-refractivity contribution is 7.48. The van der Waals surface area contributed by atoms with Crippen molar-refractivity contribution < 1.29 is 37.2 Å². The molecule has 0 aromatic heterocycles. The van der Waals surface area contributed by atoms with Crippen molar-refractivity contribution in [3.63, 3.8) is 0 Å². The van der Waals surface area contributed by atoms with Gasteiger partial charge in [-0.1, -0.05) is 0 Å². The smallest absolute Gasteiger partial charge is 0.469 e. The molecule has 106 valence electrons. The topological polar surface area (TPSA) is 97.4 Å². The molecule has 1 atom stereocenters. The quantitative estimate of drug-likeness (QED) is 0.479. The van der Waals surface area contributed by atoms with Gasteiger partial charge in [0.15, 0.2) is 6.10 Å². The zero-order valence-corrected chi connectivity index (χ0v) is 11.6. The van der Waals surface area contributed by atoms with Crippen molar-refractivity contribution in [3.05, 3.63) is 0 Å². The second kappa shape index (κ2) is 8.20. The molecule has 0 saturated carbocycles. The van der Waals surface area contributed by atoms with Crippen LogP contribution in [-0.2, 0) is 37.2 Å². The first-order valence-corrected chi connectivity index (χ1v) is 6.43. The van der Waals surface area contributed by atoms with Gasteiger partial charge < -0.3 is 9.47 Å². The minimum atomic E-state index is -3.83. The number of hydrogen-bond acceptors (Lipinski definition) is 8. The molecule has 0 aliphatic heterocycles. The third-order valence-electron chi connectivity index (χ3n) is 2.01. The summed E-state index contributed by atoms with van der Waals surface area (Å²) in [7, 11) is 0.748. The van der Waals surface area contributed by atoms with Crippen LogP contribution < -0.4 is 0 Å². The lowest BCUT2D eigenvalue weighted by Gasteiger charge is -2.19. The van der Waals surface area contributed by atoms with E-state index in [2.05, 4.69) is 18.5 Å². The second-order valence-corrected chi connectivity index (χ2v) is 4.88. The van der Waals surface area contributed by atoms with Gasteiger partial charge in [0.25, 0.3) is 0 Å². The van der Waals surface area contributed by atoms with Crippen LogP contribution in [0.15, 0.2) is 0 Å². The Morgan fingerprint density at radius 1 is 1.06 bits per heavy atom. The number of hydrogen-bond donors (Lipinski definition) is 0. The summed E-state index contributed by atoms with van der Waals surface area (Å²) in [5.74, 6) is -1.31. The van der Waals surface area contributed by atoms with E-state index in [4.69, 9.17) is 4.52 Å². The molecule has 1 unspecified atom stereocenters. The zero-order chi connectivity index (χ0) is 14.2. The van der Waals surface area contributed by atoms with Gasteiger partial charge >= 0.3 is 19.8 Å². The molecule has 0 rings (SSSR count). The Bertz CT molecular complexity index is 321. The van der Waals surface area contributed by atoms with E-state index in [0.717, 1.165) is 21.3 Å². The molecular formula is C9H17O8P. The van der Waals surface area contributed by atoms with Crippen LogP contribution in [0.3, 0.4) is 0 Å². The molecule has 18 heavy (non-hydrogen) atoms. The number of ether oxygens (including phenoxy) is 2. The predicted molar refractivity (Wildman–Crippen MR) is 59.8 cm³/mol. The maximum Gasteiger partial charge on any atom is 0.475 e. The standard InChI is InChI=1S/C9H17O8P/c1-13-8(10)6-5-7(9(11)14-2)17-18(12,15-3)16-4/h7H,5-6H2,1-4H3. The molecule has 8 nitrogen and oxygen atoms in total. The SMILES string of the molecule is COC(=O)CCC(OP(=O)(OC)OC)C(=O)OC. The molecule has 0 spiro atoms. The first-order valence-electron chi connectivity index (χ1n) is 4.97. The van der Waals surface area contributed by atoms with Crippen LogP contribution in [0.1, 0.15) is 12.8 Å². The normalized spacial score (nSPS) is 12.9. The minimum absolute atomic E-state index is 0.0595. The Labute approximate surface area is 105 Å². The van der Waals surface area contributed by atoms with Crippen molar-refractivity contribution in [2.75, 3.05) is 28.4 Å². The lowest BCUT2D eigenvalue weighted by Crippen LogP contribution is -2.26. The number of phosphoric ester groups is 1. The van der Waals surface area contributed by atoms with Crippen LogP contribution in [0.2, 0.25) is 0 Å². The fourth-order valence-electron chi connectivity index (χ4n) is 1.01. The lowest BCUT2D eigenvalue weighted by atomic mass is 10.2. The van der Waals surface area contributed by atoms with E-state index < -0.39 is 25.9 Å². The Kier molecular flexibility index (Phi) is 7.77. The Hall–Kier alpha value is -0.950. The molecular weight excluding hydrogens is 267 g/mol. The Morgan fingerprint density at radius 3 is 2.00 bits per heavy atom. The fraction of sp³-hybridized carbons (Fsp3) is 0.778. The van der Waals surface area contributed by atoms with Gasteiger partial charge in [-0.05, 0) is 6.42 Å². The molecule has 0 saturated heterocycles. The van der Waals surface area contributed by atoms with Crippen LogP contribution in [0.5, 0.6) is 0 Å². The van der Waals surface area contributed by atoms with E-state index in [-0.39, 0.29) is 12.8 Å². The number of carbonyl (C=O) groups is 2. The molecule has 0 aliphatic carbocycles. The molecule has 0 amide bonds. The molecule has 0 N–H and O–H groups in total. The van der Waals surface area contributed by atoms with E-state index in [1.54, 1.807) is 0 Å². The van der Waals surface area contributed by atoms with Crippen molar-refractivity contribution in [2.24, 2.45) is 0 Å². The highest BCUT2D eigenvalue weighted by Crippen LogP contribution is 2.49. The largest absolute Gasteiger partial charge is 0.475 e. The van der Waals surface area contributed by atoms with Gasteiger partial charge in [-0.15, -0.1) is 0 Å². The van der Waals surface area contributed by atoms with Crippen LogP contribution in [0, 0.1) is 0 Å². The maximum absolute atomic E-state index is 11.7. The second-order valence-electron chi connectivity index (χ2n) is 3.04. The molecule has 9 heteroatoms. The number of methoxy groups -OCH3 is 2. The molecule has 0 aromatic rings. The molecule has 0 fully saturated rings. The van der Waals surface area contributed by atoms with Crippen LogP contribution in [0.4, 0.5) is 0 Å². The summed E-state index contributed by atoms with van der Waals surface area (Å²) < 4.78 is 34.6. The third kappa shape index (κ3) is 5.59. The van der Waals surface area contributed by atoms with Gasteiger partial charge in [0.05, 0.1) is 14.2 Å². The Balaban J connectivity index is 4.64. The summed E-state index contributed by atoms with van der Waals surface area (Å²) in [6.45, 7) is 0. The van der Waals surface area contributed by atoms with Gasteiger partial charge in [-0.2, -0.15) is 0 Å². The first kappa shape index (κ1) is 17.1. The maximum atomic E-state index is 11.7. The molecule has 0 heterocycles. The van der Waals surface area contributed by atoms with E-state index in [0.29, 0.717) is 0 Å². The van der Waals surface area contributed by atoms with Crippen molar-refractivity contribution in [2.45, 2.75) is 18.9 Å². The van der Waals surface area contributed by atoms with Crippen LogP contribution in [0.25, 0.3) is 0 Å². The summed E-state index contributed by atoms with van der Waals surface area (Å²) in [6, 6.07) is 0. The first-order chi connectivity index (χ1) is 8.42. The summed E-state index contributed by atoms with van der Waals surface area (Å²) in [4.78, 5) is 22.4. The summed E-state index contributed by atoms with van der Waals surface area (Å²) in [6.07, 6.45) is -1.39.